The second kappa shape index (κ2) is 9.96. The summed E-state index contributed by atoms with van der Waals surface area (Å²) < 4.78 is 83.0. The van der Waals surface area contributed by atoms with Gasteiger partial charge in [0.2, 0.25) is 0 Å². The van der Waals surface area contributed by atoms with E-state index in [0.29, 0.717) is 23.7 Å². The van der Waals surface area contributed by atoms with E-state index < -0.39 is 34.9 Å². The number of ether oxygens (including phenoxy) is 1. The van der Waals surface area contributed by atoms with Crippen LogP contribution in [0.5, 0.6) is 6.01 Å². The highest BCUT2D eigenvalue weighted by Gasteiger charge is 2.55. The molecule has 45 heavy (non-hydrogen) atoms. The van der Waals surface area contributed by atoms with Crippen molar-refractivity contribution in [1.29, 1.82) is 0 Å². The van der Waals surface area contributed by atoms with Crippen LogP contribution in [-0.4, -0.2) is 75.9 Å². The standard InChI is InChI=1S/C33H29F5N6O/c1-2-21-24(35)8-7-19-5-3-6-22(25(19)21)27-26(36)28-23(14-39-27)29(43-16-32(37)10-11-33(38,17-43)42-32)41-30(40-28)45-18-31-9-4-12-44(31)15-20(34)13-31/h1,3,5-8,14,20,42H,4,9-13,15-18H2/t20-,31+,32-,33+/m1/s1. The summed E-state index contributed by atoms with van der Waals surface area (Å²) in [6, 6.07) is 7.62. The van der Waals surface area contributed by atoms with Gasteiger partial charge in [0.25, 0.3) is 0 Å². The van der Waals surface area contributed by atoms with Crippen LogP contribution >= 0.6 is 0 Å². The van der Waals surface area contributed by atoms with Gasteiger partial charge < -0.3 is 9.64 Å². The number of alkyl halides is 3. The van der Waals surface area contributed by atoms with Crippen LogP contribution in [0.15, 0.2) is 36.5 Å². The zero-order valence-electron chi connectivity index (χ0n) is 24.2. The van der Waals surface area contributed by atoms with E-state index in [1.54, 1.807) is 24.3 Å². The third-order valence-electron chi connectivity index (χ3n) is 9.82. The summed E-state index contributed by atoms with van der Waals surface area (Å²) in [5, 5.41) is 3.48. The van der Waals surface area contributed by atoms with Crippen molar-refractivity contribution in [2.75, 3.05) is 37.7 Å². The molecule has 4 atom stereocenters. The number of rotatable bonds is 5. The van der Waals surface area contributed by atoms with Crippen molar-refractivity contribution in [2.45, 2.75) is 55.4 Å². The van der Waals surface area contributed by atoms with E-state index in [4.69, 9.17) is 11.2 Å². The number of nitrogens with one attached hydrogen (secondary N) is 1. The molecule has 1 N–H and O–H groups in total. The highest BCUT2D eigenvalue weighted by molar-refractivity contribution is 6.02. The average Bonchev–Trinajstić information content (AvgIpc) is 3.61. The number of piperazine rings is 1. The van der Waals surface area contributed by atoms with Gasteiger partial charge in [-0.1, -0.05) is 30.2 Å². The Balaban J connectivity index is 1.28. The summed E-state index contributed by atoms with van der Waals surface area (Å²) in [7, 11) is 0. The zero-order valence-corrected chi connectivity index (χ0v) is 24.2. The largest absolute Gasteiger partial charge is 0.461 e. The van der Waals surface area contributed by atoms with Crippen molar-refractivity contribution >= 4 is 27.5 Å². The van der Waals surface area contributed by atoms with Crippen LogP contribution in [0.2, 0.25) is 0 Å². The molecule has 0 aliphatic carbocycles. The third-order valence-corrected chi connectivity index (χ3v) is 9.82. The summed E-state index contributed by atoms with van der Waals surface area (Å²) in [6.45, 7) is 0.681. The lowest BCUT2D eigenvalue weighted by Crippen LogP contribution is -2.62. The molecule has 8 rings (SSSR count). The summed E-state index contributed by atoms with van der Waals surface area (Å²) in [4.78, 5) is 16.9. The van der Waals surface area contributed by atoms with E-state index in [1.165, 1.54) is 17.2 Å². The van der Waals surface area contributed by atoms with Gasteiger partial charge >= 0.3 is 6.01 Å². The summed E-state index contributed by atoms with van der Waals surface area (Å²) in [5.74, 6) is -3.04. The molecule has 6 heterocycles. The Kier molecular flexibility index (Phi) is 6.29. The highest BCUT2D eigenvalue weighted by Crippen LogP contribution is 2.44. The van der Waals surface area contributed by atoms with Crippen LogP contribution in [0, 0.1) is 24.0 Å². The monoisotopic (exact) mass is 620 g/mol. The van der Waals surface area contributed by atoms with Gasteiger partial charge in [0.15, 0.2) is 17.4 Å². The lowest BCUT2D eigenvalue weighted by atomic mass is 9.95. The van der Waals surface area contributed by atoms with E-state index >= 15 is 13.2 Å². The van der Waals surface area contributed by atoms with Gasteiger partial charge in [-0.15, -0.1) is 6.42 Å². The molecule has 12 heteroatoms. The van der Waals surface area contributed by atoms with Gasteiger partial charge in [-0.05, 0) is 30.8 Å². The highest BCUT2D eigenvalue weighted by atomic mass is 19.2. The number of hydrogen-bond acceptors (Lipinski definition) is 7. The lowest BCUT2D eigenvalue weighted by Gasteiger charge is -2.40. The molecule has 0 amide bonds. The molecule has 4 fully saturated rings. The number of halogens is 5. The summed E-state index contributed by atoms with van der Waals surface area (Å²) in [5.41, 5.74) is -0.617. The van der Waals surface area contributed by atoms with Gasteiger partial charge in [-0.3, -0.25) is 9.88 Å². The average molecular weight is 621 g/mol. The van der Waals surface area contributed by atoms with Crippen molar-refractivity contribution in [3.63, 3.8) is 0 Å². The van der Waals surface area contributed by atoms with Crippen molar-refractivity contribution in [1.82, 2.24) is 25.2 Å². The maximum absolute atomic E-state index is 16.7. The quantitative estimate of drug-likeness (QED) is 0.177. The molecule has 4 aliphatic heterocycles. The molecular formula is C33H29F5N6O. The van der Waals surface area contributed by atoms with Gasteiger partial charge in [-0.25, -0.2) is 27.3 Å². The molecule has 232 valence electrons. The molecule has 2 aromatic heterocycles. The van der Waals surface area contributed by atoms with Gasteiger partial charge in [0.1, 0.15) is 35.6 Å². The van der Waals surface area contributed by atoms with Crippen LogP contribution in [0.1, 0.15) is 37.7 Å². The Hall–Kier alpha value is -4.08. The molecule has 2 bridgehead atoms. The summed E-state index contributed by atoms with van der Waals surface area (Å²) >= 11 is 0. The smallest absolute Gasteiger partial charge is 0.319 e. The van der Waals surface area contributed by atoms with E-state index in [1.807, 2.05) is 0 Å². The second-order valence-electron chi connectivity index (χ2n) is 12.8. The fourth-order valence-electron chi connectivity index (χ4n) is 7.83. The van der Waals surface area contributed by atoms with Crippen molar-refractivity contribution < 1.29 is 26.7 Å². The molecule has 4 aliphatic rings. The first-order valence-corrected chi connectivity index (χ1v) is 15.1. The SMILES string of the molecule is C#Cc1c(F)ccc2cccc(-c3ncc4c(N5C[C@]6(F)CC[C@](F)(C5)N6)nc(OC[C@@]56CCCN5C[C@H](F)C6)nc4c3F)c12. The van der Waals surface area contributed by atoms with Gasteiger partial charge in [0, 0.05) is 43.0 Å². The number of nitrogens with zero attached hydrogens (tertiary/aromatic N) is 5. The maximum atomic E-state index is 16.7. The third kappa shape index (κ3) is 4.50. The Morgan fingerprint density at radius 1 is 1.07 bits per heavy atom. The zero-order chi connectivity index (χ0) is 31.1. The Morgan fingerprint density at radius 3 is 2.64 bits per heavy atom. The molecule has 2 aromatic carbocycles. The fraction of sp³-hybridized carbons (Fsp3) is 0.424. The number of anilines is 1. The van der Waals surface area contributed by atoms with Crippen molar-refractivity contribution in [3.05, 3.63) is 53.7 Å². The molecule has 0 unspecified atom stereocenters. The summed E-state index contributed by atoms with van der Waals surface area (Å²) in [6.07, 6.45) is 7.90. The molecule has 0 spiro atoms. The van der Waals surface area contributed by atoms with E-state index in [9.17, 15) is 8.78 Å². The molecule has 7 nitrogen and oxygen atoms in total. The molecule has 4 saturated heterocycles. The van der Waals surface area contributed by atoms with Crippen LogP contribution in [0.4, 0.5) is 27.8 Å². The normalized spacial score (nSPS) is 29.4. The Morgan fingerprint density at radius 2 is 1.87 bits per heavy atom. The Labute approximate surface area is 255 Å². The number of pyridine rings is 1. The first kappa shape index (κ1) is 28.4. The van der Waals surface area contributed by atoms with E-state index in [2.05, 4.69) is 31.1 Å². The van der Waals surface area contributed by atoms with Crippen LogP contribution in [0.25, 0.3) is 32.9 Å². The predicted molar refractivity (Wildman–Crippen MR) is 159 cm³/mol. The molecule has 0 radical (unpaired) electrons. The fourth-order valence-corrected chi connectivity index (χ4v) is 7.83. The number of aromatic nitrogens is 3. The van der Waals surface area contributed by atoms with Crippen LogP contribution < -0.4 is 15.0 Å². The minimum absolute atomic E-state index is 0.0267. The topological polar surface area (TPSA) is 66.4 Å². The molecular weight excluding hydrogens is 591 g/mol. The van der Waals surface area contributed by atoms with E-state index in [0.717, 1.165) is 19.4 Å². The number of terminal acetylenes is 1. The Bertz CT molecular complexity index is 1900. The minimum Gasteiger partial charge on any atom is -0.461 e. The predicted octanol–water partition coefficient (Wildman–Crippen LogP) is 5.59. The first-order chi connectivity index (χ1) is 21.6. The number of fused-ring (bicyclic) bond motifs is 5. The molecule has 0 saturated carbocycles. The minimum atomic E-state index is -2.00. The second-order valence-corrected chi connectivity index (χ2v) is 12.8. The lowest BCUT2D eigenvalue weighted by molar-refractivity contribution is 0.0435. The number of hydrogen-bond donors (Lipinski definition) is 1. The van der Waals surface area contributed by atoms with Crippen LogP contribution in [-0.2, 0) is 0 Å². The molecule has 4 aromatic rings. The maximum Gasteiger partial charge on any atom is 0.319 e. The number of benzene rings is 2. The van der Waals surface area contributed by atoms with Gasteiger partial charge in [0.05, 0.1) is 29.6 Å². The van der Waals surface area contributed by atoms with Crippen molar-refractivity contribution in [2.24, 2.45) is 0 Å². The van der Waals surface area contributed by atoms with E-state index in [-0.39, 0.29) is 72.1 Å². The van der Waals surface area contributed by atoms with Crippen molar-refractivity contribution in [3.8, 4) is 29.6 Å². The first-order valence-electron chi connectivity index (χ1n) is 15.1. The van der Waals surface area contributed by atoms with Crippen LogP contribution in [0.3, 0.4) is 0 Å². The van der Waals surface area contributed by atoms with Gasteiger partial charge in [-0.2, -0.15) is 9.97 Å².